The number of rotatable bonds is 1. The summed E-state index contributed by atoms with van der Waals surface area (Å²) < 4.78 is 1.99. The molecule has 0 aliphatic heterocycles. The summed E-state index contributed by atoms with van der Waals surface area (Å²) in [4.78, 5) is 12.3. The van der Waals surface area contributed by atoms with Crippen molar-refractivity contribution in [1.82, 2.24) is 15.0 Å². The van der Waals surface area contributed by atoms with Crippen molar-refractivity contribution in [2.45, 2.75) is 6.92 Å². The Hall–Kier alpha value is -2.23. The van der Waals surface area contributed by atoms with Crippen LogP contribution >= 0.6 is 0 Å². The molecular weight excluding hydrogens is 212 g/mol. The third-order valence-electron chi connectivity index (χ3n) is 2.69. The lowest BCUT2D eigenvalue weighted by Crippen LogP contribution is -2.25. The van der Waals surface area contributed by atoms with Crippen LogP contribution in [0.15, 0.2) is 36.7 Å². The van der Waals surface area contributed by atoms with Gasteiger partial charge < -0.3 is 4.98 Å². The molecule has 0 unspecified atom stereocenters. The molecule has 0 radical (unpaired) electrons. The maximum Gasteiger partial charge on any atom is 0.194 e. The number of aryl methyl sites for hydroxylation is 2. The van der Waals surface area contributed by atoms with Gasteiger partial charge in [-0.1, -0.05) is 6.07 Å². The van der Waals surface area contributed by atoms with E-state index in [0.717, 1.165) is 28.2 Å². The monoisotopic (exact) mass is 225 g/mol. The van der Waals surface area contributed by atoms with Gasteiger partial charge in [-0.05, 0) is 19.1 Å². The highest BCUT2D eigenvalue weighted by molar-refractivity contribution is 5.76. The smallest absolute Gasteiger partial charge is 0.194 e. The Kier molecular flexibility index (Phi) is 2.14. The van der Waals surface area contributed by atoms with E-state index in [1.807, 2.05) is 55.2 Å². The van der Waals surface area contributed by atoms with Gasteiger partial charge in [-0.3, -0.25) is 0 Å². The van der Waals surface area contributed by atoms with E-state index in [9.17, 15) is 0 Å². The van der Waals surface area contributed by atoms with Crippen LogP contribution in [-0.2, 0) is 7.05 Å². The highest BCUT2D eigenvalue weighted by Crippen LogP contribution is 2.17. The molecule has 3 aromatic heterocycles. The van der Waals surface area contributed by atoms with E-state index in [2.05, 4.69) is 15.0 Å². The molecule has 0 atom stereocenters. The Labute approximate surface area is 99.0 Å². The van der Waals surface area contributed by atoms with Crippen molar-refractivity contribution in [3.63, 3.8) is 0 Å². The fourth-order valence-electron chi connectivity index (χ4n) is 1.86. The number of pyridine rings is 2. The summed E-state index contributed by atoms with van der Waals surface area (Å²) in [6.45, 7) is 1.98. The first kappa shape index (κ1) is 9.96. The Balaban J connectivity index is 2.18. The minimum Gasteiger partial charge on any atom is -0.332 e. The summed E-state index contributed by atoms with van der Waals surface area (Å²) in [6, 6.07) is 7.92. The number of hydrogen-bond donors (Lipinski definition) is 1. The molecule has 0 spiro atoms. The average molecular weight is 225 g/mol. The molecule has 3 rings (SSSR count). The Morgan fingerprint density at radius 1 is 1.18 bits per heavy atom. The molecule has 4 heteroatoms. The van der Waals surface area contributed by atoms with E-state index in [4.69, 9.17) is 0 Å². The number of fused-ring (bicyclic) bond motifs is 1. The van der Waals surface area contributed by atoms with Crippen LogP contribution in [0.5, 0.6) is 0 Å². The van der Waals surface area contributed by atoms with E-state index < -0.39 is 0 Å². The predicted octanol–water partition coefficient (Wildman–Crippen LogP) is 1.76. The third kappa shape index (κ3) is 1.78. The molecule has 0 aliphatic carbocycles. The van der Waals surface area contributed by atoms with Crippen LogP contribution in [0, 0.1) is 6.92 Å². The summed E-state index contributed by atoms with van der Waals surface area (Å²) in [5, 5.41) is 0. The molecule has 0 aromatic carbocycles. The van der Waals surface area contributed by atoms with Gasteiger partial charge in [-0.15, -0.1) is 0 Å². The SMILES string of the molecule is Cc1cccc(-c2nc3cc[n+](C)cc3[nH]2)n1. The van der Waals surface area contributed by atoms with Crippen LogP contribution in [0.1, 0.15) is 5.69 Å². The average Bonchev–Trinajstić information content (AvgIpc) is 2.72. The zero-order chi connectivity index (χ0) is 11.8. The van der Waals surface area contributed by atoms with E-state index in [1.165, 1.54) is 0 Å². The molecule has 84 valence electrons. The number of imidazole rings is 1. The highest BCUT2D eigenvalue weighted by atomic mass is 15.0. The molecule has 0 amide bonds. The summed E-state index contributed by atoms with van der Waals surface area (Å²) in [7, 11) is 1.99. The number of nitrogens with zero attached hydrogens (tertiary/aromatic N) is 3. The van der Waals surface area contributed by atoms with Gasteiger partial charge in [0, 0.05) is 11.8 Å². The lowest BCUT2D eigenvalue weighted by molar-refractivity contribution is -0.670. The predicted molar refractivity (Wildman–Crippen MR) is 65.2 cm³/mol. The number of aromatic amines is 1. The second kappa shape index (κ2) is 3.66. The van der Waals surface area contributed by atoms with Crippen molar-refractivity contribution in [3.05, 3.63) is 42.4 Å². The van der Waals surface area contributed by atoms with E-state index >= 15 is 0 Å². The van der Waals surface area contributed by atoms with Crippen molar-refractivity contribution in [1.29, 1.82) is 0 Å². The first-order valence-corrected chi connectivity index (χ1v) is 5.51. The fraction of sp³-hybridized carbons (Fsp3) is 0.154. The molecule has 4 nitrogen and oxygen atoms in total. The molecular formula is C13H13N4+. The number of nitrogens with one attached hydrogen (secondary N) is 1. The molecule has 0 aliphatic rings. The standard InChI is InChI=1S/C13H12N4/c1-9-4-3-5-11(14-9)13-15-10-6-7-17(2)8-12(10)16-13/h3-8H,1-2H3/p+1. The summed E-state index contributed by atoms with van der Waals surface area (Å²) >= 11 is 0. The van der Waals surface area contributed by atoms with Crippen LogP contribution in [0.2, 0.25) is 0 Å². The van der Waals surface area contributed by atoms with Crippen molar-refractivity contribution >= 4 is 11.0 Å². The number of hydrogen-bond acceptors (Lipinski definition) is 2. The van der Waals surface area contributed by atoms with Crippen molar-refractivity contribution in [3.8, 4) is 11.5 Å². The van der Waals surface area contributed by atoms with Gasteiger partial charge >= 0.3 is 0 Å². The van der Waals surface area contributed by atoms with E-state index in [0.29, 0.717) is 0 Å². The molecule has 3 aromatic rings. The Morgan fingerprint density at radius 3 is 2.88 bits per heavy atom. The van der Waals surface area contributed by atoms with Crippen LogP contribution in [0.25, 0.3) is 22.6 Å². The van der Waals surface area contributed by atoms with Crippen LogP contribution in [-0.4, -0.2) is 15.0 Å². The largest absolute Gasteiger partial charge is 0.332 e. The summed E-state index contributed by atoms with van der Waals surface area (Å²) in [5.41, 5.74) is 3.85. The van der Waals surface area contributed by atoms with Crippen LogP contribution in [0.4, 0.5) is 0 Å². The Morgan fingerprint density at radius 2 is 2.06 bits per heavy atom. The highest BCUT2D eigenvalue weighted by Gasteiger charge is 2.08. The molecule has 0 saturated carbocycles. The van der Waals surface area contributed by atoms with Crippen LogP contribution < -0.4 is 4.57 Å². The maximum absolute atomic E-state index is 4.53. The van der Waals surface area contributed by atoms with E-state index in [-0.39, 0.29) is 0 Å². The topological polar surface area (TPSA) is 45.5 Å². The normalized spacial score (nSPS) is 10.9. The maximum atomic E-state index is 4.53. The first-order valence-electron chi connectivity index (χ1n) is 5.51. The van der Waals surface area contributed by atoms with Gasteiger partial charge in [-0.2, -0.15) is 0 Å². The lowest BCUT2D eigenvalue weighted by atomic mass is 10.3. The first-order chi connectivity index (χ1) is 8.22. The number of aromatic nitrogens is 4. The minimum atomic E-state index is 0.815. The van der Waals surface area contributed by atoms with Crippen molar-refractivity contribution in [2.24, 2.45) is 7.05 Å². The Bertz CT molecular complexity index is 685. The van der Waals surface area contributed by atoms with Gasteiger partial charge in [0.15, 0.2) is 18.2 Å². The van der Waals surface area contributed by atoms with Gasteiger partial charge in [0.1, 0.15) is 23.8 Å². The summed E-state index contributed by atoms with van der Waals surface area (Å²) in [5.74, 6) is 0.815. The molecule has 0 bridgehead atoms. The molecule has 0 saturated heterocycles. The molecule has 3 heterocycles. The summed E-state index contributed by atoms with van der Waals surface area (Å²) in [6.07, 6.45) is 4.00. The fourth-order valence-corrected chi connectivity index (χ4v) is 1.86. The molecule has 1 N–H and O–H groups in total. The van der Waals surface area contributed by atoms with E-state index in [1.54, 1.807) is 0 Å². The quantitative estimate of drug-likeness (QED) is 0.641. The zero-order valence-corrected chi connectivity index (χ0v) is 9.81. The minimum absolute atomic E-state index is 0.815. The third-order valence-corrected chi connectivity index (χ3v) is 2.69. The molecule has 17 heavy (non-hydrogen) atoms. The number of H-pyrrole nitrogens is 1. The van der Waals surface area contributed by atoms with Crippen LogP contribution in [0.3, 0.4) is 0 Å². The lowest BCUT2D eigenvalue weighted by Gasteiger charge is -1.96. The zero-order valence-electron chi connectivity index (χ0n) is 9.81. The van der Waals surface area contributed by atoms with Gasteiger partial charge in [0.2, 0.25) is 0 Å². The van der Waals surface area contributed by atoms with Gasteiger partial charge in [0.25, 0.3) is 0 Å². The van der Waals surface area contributed by atoms with Gasteiger partial charge in [-0.25, -0.2) is 14.5 Å². The van der Waals surface area contributed by atoms with Crippen molar-refractivity contribution in [2.75, 3.05) is 0 Å². The second-order valence-corrected chi connectivity index (χ2v) is 4.16. The molecule has 0 fully saturated rings. The second-order valence-electron chi connectivity index (χ2n) is 4.16. The van der Waals surface area contributed by atoms with Crippen molar-refractivity contribution < 1.29 is 4.57 Å². The van der Waals surface area contributed by atoms with Gasteiger partial charge in [0.05, 0.1) is 0 Å².